The predicted molar refractivity (Wildman–Crippen MR) is 83.2 cm³/mol. The minimum absolute atomic E-state index is 0.479. The SMILES string of the molecule is CCOP(=S)(OCc1ccccc1)c1ccccc1. The Labute approximate surface area is 119 Å². The first-order valence-corrected chi connectivity index (χ1v) is 8.87. The minimum atomic E-state index is -2.40. The van der Waals surface area contributed by atoms with E-state index in [4.69, 9.17) is 20.9 Å². The Bertz CT molecular complexity index is 543. The van der Waals surface area contributed by atoms with E-state index in [1.807, 2.05) is 67.6 Å². The third-order valence-corrected chi connectivity index (χ3v) is 5.88. The normalized spacial score (nSPS) is 13.9. The molecule has 4 heteroatoms. The summed E-state index contributed by atoms with van der Waals surface area (Å²) in [5, 5.41) is 0.961. The van der Waals surface area contributed by atoms with Crippen molar-refractivity contribution in [3.8, 4) is 0 Å². The van der Waals surface area contributed by atoms with Crippen LogP contribution in [0.3, 0.4) is 0 Å². The maximum atomic E-state index is 5.95. The van der Waals surface area contributed by atoms with Crippen molar-refractivity contribution in [2.45, 2.75) is 13.5 Å². The molecule has 0 radical (unpaired) electrons. The summed E-state index contributed by atoms with van der Waals surface area (Å²) in [5.74, 6) is 0. The third-order valence-electron chi connectivity index (χ3n) is 2.62. The van der Waals surface area contributed by atoms with Gasteiger partial charge in [-0.05, 0) is 36.4 Å². The van der Waals surface area contributed by atoms with E-state index in [1.54, 1.807) is 0 Å². The van der Waals surface area contributed by atoms with E-state index in [2.05, 4.69) is 0 Å². The molecule has 0 saturated heterocycles. The Hall–Kier alpha value is -0.990. The van der Waals surface area contributed by atoms with Crippen LogP contribution in [0.2, 0.25) is 0 Å². The molecule has 0 amide bonds. The van der Waals surface area contributed by atoms with Gasteiger partial charge in [0, 0.05) is 5.30 Å². The van der Waals surface area contributed by atoms with Crippen LogP contribution in [0.15, 0.2) is 60.7 Å². The maximum Gasteiger partial charge on any atom is 0.219 e. The van der Waals surface area contributed by atoms with E-state index in [0.717, 1.165) is 10.9 Å². The van der Waals surface area contributed by atoms with E-state index in [-0.39, 0.29) is 0 Å². The molecule has 100 valence electrons. The molecular weight excluding hydrogens is 275 g/mol. The molecule has 2 aromatic rings. The fourth-order valence-corrected chi connectivity index (χ4v) is 4.11. The van der Waals surface area contributed by atoms with Crippen LogP contribution in [0.4, 0.5) is 0 Å². The van der Waals surface area contributed by atoms with Crippen molar-refractivity contribution >= 4 is 23.6 Å². The summed E-state index contributed by atoms with van der Waals surface area (Å²) in [5.41, 5.74) is 1.10. The van der Waals surface area contributed by atoms with Gasteiger partial charge in [0.05, 0.1) is 13.2 Å². The van der Waals surface area contributed by atoms with Gasteiger partial charge < -0.3 is 9.05 Å². The topological polar surface area (TPSA) is 18.5 Å². The zero-order valence-electron chi connectivity index (χ0n) is 10.9. The van der Waals surface area contributed by atoms with Crippen LogP contribution in [0, 0.1) is 0 Å². The lowest BCUT2D eigenvalue weighted by Gasteiger charge is -2.22. The quantitative estimate of drug-likeness (QED) is 0.753. The van der Waals surface area contributed by atoms with Crippen LogP contribution in [0.1, 0.15) is 12.5 Å². The molecule has 19 heavy (non-hydrogen) atoms. The van der Waals surface area contributed by atoms with Gasteiger partial charge in [0.15, 0.2) is 0 Å². The standard InChI is InChI=1S/C15H17O2PS/c1-2-16-18(19,15-11-7-4-8-12-15)17-13-14-9-5-3-6-10-14/h3-12H,2,13H2,1H3. The first kappa shape index (κ1) is 14.4. The van der Waals surface area contributed by atoms with Gasteiger partial charge in [-0.1, -0.05) is 48.5 Å². The number of hydrogen-bond donors (Lipinski definition) is 0. The fourth-order valence-electron chi connectivity index (χ4n) is 1.70. The van der Waals surface area contributed by atoms with Crippen LogP contribution < -0.4 is 5.30 Å². The zero-order chi connectivity index (χ0) is 13.6. The second kappa shape index (κ2) is 6.97. The van der Waals surface area contributed by atoms with Crippen LogP contribution in [0.25, 0.3) is 0 Å². The predicted octanol–water partition coefficient (Wildman–Crippen LogP) is 3.87. The molecular formula is C15H17O2PS. The van der Waals surface area contributed by atoms with Crippen molar-refractivity contribution in [3.05, 3.63) is 66.2 Å². The second-order valence-electron chi connectivity index (χ2n) is 4.01. The summed E-state index contributed by atoms with van der Waals surface area (Å²) in [4.78, 5) is 0. The van der Waals surface area contributed by atoms with E-state index >= 15 is 0 Å². The van der Waals surface area contributed by atoms with Gasteiger partial charge in [-0.15, -0.1) is 0 Å². The highest BCUT2D eigenvalue weighted by Gasteiger charge is 2.21. The monoisotopic (exact) mass is 292 g/mol. The summed E-state index contributed by atoms with van der Waals surface area (Å²) >= 11 is 5.63. The van der Waals surface area contributed by atoms with E-state index in [0.29, 0.717) is 13.2 Å². The summed E-state index contributed by atoms with van der Waals surface area (Å²) in [7, 11) is 0. The van der Waals surface area contributed by atoms with Gasteiger partial charge in [0.1, 0.15) is 0 Å². The summed E-state index contributed by atoms with van der Waals surface area (Å²) in [6.07, 6.45) is 0. The van der Waals surface area contributed by atoms with Crippen LogP contribution in [-0.4, -0.2) is 6.61 Å². The molecule has 0 aliphatic heterocycles. The Morgan fingerprint density at radius 2 is 1.47 bits per heavy atom. The minimum Gasteiger partial charge on any atom is -0.326 e. The molecule has 2 aromatic carbocycles. The van der Waals surface area contributed by atoms with Crippen LogP contribution >= 0.6 is 6.49 Å². The number of hydrogen-bond acceptors (Lipinski definition) is 3. The molecule has 0 aliphatic carbocycles. The third kappa shape index (κ3) is 3.99. The lowest BCUT2D eigenvalue weighted by atomic mass is 10.2. The van der Waals surface area contributed by atoms with Gasteiger partial charge in [0.2, 0.25) is 6.49 Å². The lowest BCUT2D eigenvalue weighted by Crippen LogP contribution is -2.09. The molecule has 0 saturated carbocycles. The molecule has 2 rings (SSSR count). The molecule has 0 aromatic heterocycles. The fraction of sp³-hybridized carbons (Fsp3) is 0.200. The maximum absolute atomic E-state index is 5.95. The number of rotatable bonds is 6. The number of benzene rings is 2. The van der Waals surface area contributed by atoms with Gasteiger partial charge in [-0.3, -0.25) is 0 Å². The van der Waals surface area contributed by atoms with Gasteiger partial charge >= 0.3 is 0 Å². The van der Waals surface area contributed by atoms with Crippen molar-refractivity contribution < 1.29 is 9.05 Å². The summed E-state index contributed by atoms with van der Waals surface area (Å²) in [6, 6.07) is 19.8. The first-order valence-electron chi connectivity index (χ1n) is 6.23. The Morgan fingerprint density at radius 1 is 0.895 bits per heavy atom. The Kier molecular flexibility index (Phi) is 5.29. The Balaban J connectivity index is 2.14. The molecule has 0 heterocycles. The molecule has 0 bridgehead atoms. The molecule has 0 fully saturated rings. The summed E-state index contributed by atoms with van der Waals surface area (Å²) < 4.78 is 11.7. The van der Waals surface area contributed by atoms with Gasteiger partial charge in [-0.25, -0.2) is 0 Å². The average Bonchev–Trinajstić information content (AvgIpc) is 2.48. The highest BCUT2D eigenvalue weighted by Crippen LogP contribution is 2.47. The van der Waals surface area contributed by atoms with Crippen molar-refractivity contribution in [3.63, 3.8) is 0 Å². The second-order valence-corrected chi connectivity index (χ2v) is 7.48. The largest absolute Gasteiger partial charge is 0.326 e. The van der Waals surface area contributed by atoms with Crippen LogP contribution in [-0.2, 0) is 27.5 Å². The molecule has 0 spiro atoms. The van der Waals surface area contributed by atoms with Gasteiger partial charge in [0.25, 0.3) is 0 Å². The Morgan fingerprint density at radius 3 is 2.05 bits per heavy atom. The van der Waals surface area contributed by atoms with E-state index < -0.39 is 6.49 Å². The van der Waals surface area contributed by atoms with Crippen molar-refractivity contribution in [1.29, 1.82) is 0 Å². The smallest absolute Gasteiger partial charge is 0.219 e. The van der Waals surface area contributed by atoms with Gasteiger partial charge in [-0.2, -0.15) is 0 Å². The molecule has 1 atom stereocenters. The molecule has 0 N–H and O–H groups in total. The molecule has 0 aliphatic rings. The molecule has 1 unspecified atom stereocenters. The molecule has 2 nitrogen and oxygen atoms in total. The average molecular weight is 292 g/mol. The van der Waals surface area contributed by atoms with Crippen molar-refractivity contribution in [1.82, 2.24) is 0 Å². The van der Waals surface area contributed by atoms with Crippen molar-refractivity contribution in [2.24, 2.45) is 0 Å². The zero-order valence-corrected chi connectivity index (χ0v) is 12.6. The highest BCUT2D eigenvalue weighted by atomic mass is 32.5. The van der Waals surface area contributed by atoms with E-state index in [9.17, 15) is 0 Å². The first-order chi connectivity index (χ1) is 9.24. The lowest BCUT2D eigenvalue weighted by molar-refractivity contribution is 0.256. The highest BCUT2D eigenvalue weighted by molar-refractivity contribution is 8.13. The van der Waals surface area contributed by atoms with Crippen molar-refractivity contribution in [2.75, 3.05) is 6.61 Å². The summed E-state index contributed by atoms with van der Waals surface area (Å²) in [6.45, 7) is 0.572. The van der Waals surface area contributed by atoms with Crippen LogP contribution in [0.5, 0.6) is 0 Å². The van der Waals surface area contributed by atoms with E-state index in [1.165, 1.54) is 0 Å².